The Hall–Kier alpha value is -1.82. The van der Waals surface area contributed by atoms with Gasteiger partial charge in [-0.1, -0.05) is 25.4 Å². The first kappa shape index (κ1) is 14.2. The Morgan fingerprint density at radius 1 is 1.50 bits per heavy atom. The molecule has 1 unspecified atom stereocenters. The third-order valence-electron chi connectivity index (χ3n) is 2.23. The van der Waals surface area contributed by atoms with Crippen LogP contribution < -0.4 is 4.74 Å². The molecule has 0 saturated heterocycles. The van der Waals surface area contributed by atoms with Gasteiger partial charge in [-0.25, -0.2) is 4.79 Å². The zero-order chi connectivity index (χ0) is 13.9. The summed E-state index contributed by atoms with van der Waals surface area (Å²) in [5, 5.41) is 19.5. The van der Waals surface area contributed by atoms with Crippen LogP contribution in [0.15, 0.2) is 18.2 Å². The third-order valence-corrected chi connectivity index (χ3v) is 2.52. The molecule has 0 heterocycles. The van der Waals surface area contributed by atoms with Gasteiger partial charge < -0.3 is 9.84 Å². The van der Waals surface area contributed by atoms with Gasteiger partial charge in [0, 0.05) is 18.1 Å². The maximum atomic E-state index is 11.0. The van der Waals surface area contributed by atoms with Crippen molar-refractivity contribution in [2.75, 3.05) is 0 Å². The normalized spacial score (nSPS) is 12.2. The molecule has 6 nitrogen and oxygen atoms in total. The Kier molecular flexibility index (Phi) is 4.49. The number of rotatable bonds is 5. The summed E-state index contributed by atoms with van der Waals surface area (Å²) in [5.41, 5.74) is -0.177. The minimum atomic E-state index is -1.11. The highest BCUT2D eigenvalue weighted by molar-refractivity contribution is 6.32. The molecule has 1 rings (SSSR count). The standard InChI is InChI=1S/C11H12ClNO5/c1-6(2)10(11(14)15)18-9-4-3-7(13(16)17)5-8(9)12/h3-6,10H,1-2H3,(H,14,15). The van der Waals surface area contributed by atoms with E-state index in [1.54, 1.807) is 13.8 Å². The zero-order valence-corrected chi connectivity index (χ0v) is 10.5. The van der Waals surface area contributed by atoms with Crippen LogP contribution >= 0.6 is 11.6 Å². The van der Waals surface area contributed by atoms with Gasteiger partial charge >= 0.3 is 5.97 Å². The molecule has 0 radical (unpaired) electrons. The van der Waals surface area contributed by atoms with E-state index < -0.39 is 17.0 Å². The lowest BCUT2D eigenvalue weighted by molar-refractivity contribution is -0.384. The van der Waals surface area contributed by atoms with E-state index in [0.717, 1.165) is 6.07 Å². The molecule has 0 spiro atoms. The lowest BCUT2D eigenvalue weighted by Crippen LogP contribution is -2.32. The van der Waals surface area contributed by atoms with E-state index in [1.165, 1.54) is 12.1 Å². The molecule has 0 aromatic heterocycles. The molecule has 98 valence electrons. The maximum absolute atomic E-state index is 11.0. The van der Waals surface area contributed by atoms with Crippen molar-refractivity contribution in [2.45, 2.75) is 20.0 Å². The maximum Gasteiger partial charge on any atom is 0.345 e. The van der Waals surface area contributed by atoms with Crippen molar-refractivity contribution >= 4 is 23.3 Å². The predicted molar refractivity (Wildman–Crippen MR) is 65.0 cm³/mol. The van der Waals surface area contributed by atoms with Crippen molar-refractivity contribution in [1.82, 2.24) is 0 Å². The minimum absolute atomic E-state index is 0.0103. The van der Waals surface area contributed by atoms with Crippen molar-refractivity contribution in [2.24, 2.45) is 5.92 Å². The summed E-state index contributed by atoms with van der Waals surface area (Å²) in [6, 6.07) is 3.62. The highest BCUT2D eigenvalue weighted by atomic mass is 35.5. The fraction of sp³-hybridized carbons (Fsp3) is 0.364. The SMILES string of the molecule is CC(C)C(Oc1ccc([N+](=O)[O-])cc1Cl)C(=O)O. The molecule has 0 aliphatic heterocycles. The van der Waals surface area contributed by atoms with Crippen molar-refractivity contribution in [3.63, 3.8) is 0 Å². The van der Waals surface area contributed by atoms with E-state index >= 15 is 0 Å². The van der Waals surface area contributed by atoms with E-state index in [9.17, 15) is 14.9 Å². The number of aliphatic carboxylic acids is 1. The number of non-ortho nitro benzene ring substituents is 1. The fourth-order valence-corrected chi connectivity index (χ4v) is 1.53. The molecule has 1 aromatic rings. The van der Waals surface area contributed by atoms with Crippen LogP contribution in [0, 0.1) is 16.0 Å². The molecule has 0 aliphatic carbocycles. The number of carbonyl (C=O) groups is 1. The van der Waals surface area contributed by atoms with Crippen molar-refractivity contribution in [3.05, 3.63) is 33.3 Å². The Labute approximate surface area is 108 Å². The Balaban J connectivity index is 2.97. The van der Waals surface area contributed by atoms with Crippen LogP contribution in [-0.2, 0) is 4.79 Å². The van der Waals surface area contributed by atoms with Crippen molar-refractivity contribution in [3.8, 4) is 5.75 Å². The van der Waals surface area contributed by atoms with E-state index in [-0.39, 0.29) is 22.4 Å². The monoisotopic (exact) mass is 273 g/mol. The summed E-state index contributed by atoms with van der Waals surface area (Å²) in [7, 11) is 0. The molecule has 0 bridgehead atoms. The smallest absolute Gasteiger partial charge is 0.345 e. The third kappa shape index (κ3) is 3.33. The van der Waals surface area contributed by atoms with Gasteiger partial charge in [0.1, 0.15) is 5.75 Å². The van der Waals surface area contributed by atoms with E-state index in [1.807, 2.05) is 0 Å². The summed E-state index contributed by atoms with van der Waals surface area (Å²) in [4.78, 5) is 20.9. The largest absolute Gasteiger partial charge is 0.478 e. The molecule has 1 atom stereocenters. The molecule has 0 fully saturated rings. The van der Waals surface area contributed by atoms with Gasteiger partial charge in [0.15, 0.2) is 6.10 Å². The van der Waals surface area contributed by atoms with Crippen LogP contribution in [0.2, 0.25) is 5.02 Å². The number of carboxylic acids is 1. The van der Waals surface area contributed by atoms with Gasteiger partial charge in [0.25, 0.3) is 5.69 Å². The van der Waals surface area contributed by atoms with Crippen LogP contribution in [0.3, 0.4) is 0 Å². The Bertz CT molecular complexity index is 475. The molecule has 1 aromatic carbocycles. The number of nitro benzene ring substituents is 1. The van der Waals surface area contributed by atoms with Gasteiger partial charge in [-0.05, 0) is 6.07 Å². The van der Waals surface area contributed by atoms with Gasteiger partial charge in [-0.15, -0.1) is 0 Å². The predicted octanol–water partition coefficient (Wildman–Crippen LogP) is 2.74. The molecular weight excluding hydrogens is 262 g/mol. The zero-order valence-electron chi connectivity index (χ0n) is 9.79. The van der Waals surface area contributed by atoms with Gasteiger partial charge in [0.05, 0.1) is 9.95 Å². The number of nitrogens with zero attached hydrogens (tertiary/aromatic N) is 1. The second-order valence-electron chi connectivity index (χ2n) is 3.99. The highest BCUT2D eigenvalue weighted by Crippen LogP contribution is 2.30. The highest BCUT2D eigenvalue weighted by Gasteiger charge is 2.24. The molecule has 0 saturated carbocycles. The van der Waals surface area contributed by atoms with Crippen molar-refractivity contribution in [1.29, 1.82) is 0 Å². The molecule has 7 heteroatoms. The topological polar surface area (TPSA) is 89.7 Å². The Morgan fingerprint density at radius 2 is 2.11 bits per heavy atom. The molecule has 0 amide bonds. The van der Waals surface area contributed by atoms with E-state index in [2.05, 4.69) is 0 Å². The van der Waals surface area contributed by atoms with E-state index in [0.29, 0.717) is 0 Å². The quantitative estimate of drug-likeness (QED) is 0.658. The van der Waals surface area contributed by atoms with Crippen LogP contribution in [0.25, 0.3) is 0 Å². The van der Waals surface area contributed by atoms with Gasteiger partial charge in [-0.3, -0.25) is 10.1 Å². The number of hydrogen-bond acceptors (Lipinski definition) is 4. The number of hydrogen-bond donors (Lipinski definition) is 1. The number of nitro groups is 1. The molecular formula is C11H12ClNO5. The van der Waals surface area contributed by atoms with Crippen LogP contribution in [0.1, 0.15) is 13.8 Å². The summed E-state index contributed by atoms with van der Waals surface area (Å²) in [5.74, 6) is -1.25. The first-order valence-corrected chi connectivity index (χ1v) is 5.54. The average Bonchev–Trinajstić information content (AvgIpc) is 2.25. The lowest BCUT2D eigenvalue weighted by atomic mass is 10.1. The minimum Gasteiger partial charge on any atom is -0.478 e. The summed E-state index contributed by atoms with van der Waals surface area (Å²) >= 11 is 5.80. The van der Waals surface area contributed by atoms with Crippen LogP contribution in [0.4, 0.5) is 5.69 Å². The number of benzene rings is 1. The van der Waals surface area contributed by atoms with E-state index in [4.69, 9.17) is 21.4 Å². The average molecular weight is 274 g/mol. The summed E-state index contributed by atoms with van der Waals surface area (Å²) < 4.78 is 5.25. The number of halogens is 1. The van der Waals surface area contributed by atoms with Crippen LogP contribution in [0.5, 0.6) is 5.75 Å². The second kappa shape index (κ2) is 5.68. The fourth-order valence-electron chi connectivity index (χ4n) is 1.31. The van der Waals surface area contributed by atoms with Crippen molar-refractivity contribution < 1.29 is 19.6 Å². The number of carboxylic acid groups (broad SMARTS) is 1. The second-order valence-corrected chi connectivity index (χ2v) is 4.40. The first-order chi connectivity index (χ1) is 8.32. The molecule has 0 aliphatic rings. The molecule has 18 heavy (non-hydrogen) atoms. The van der Waals surface area contributed by atoms with Gasteiger partial charge in [-0.2, -0.15) is 0 Å². The molecule has 1 N–H and O–H groups in total. The first-order valence-electron chi connectivity index (χ1n) is 5.16. The number of ether oxygens (including phenoxy) is 1. The Morgan fingerprint density at radius 3 is 2.50 bits per heavy atom. The lowest BCUT2D eigenvalue weighted by Gasteiger charge is -2.18. The van der Waals surface area contributed by atoms with Crippen LogP contribution in [-0.4, -0.2) is 22.1 Å². The van der Waals surface area contributed by atoms with Gasteiger partial charge in [0.2, 0.25) is 0 Å². The summed E-state index contributed by atoms with van der Waals surface area (Å²) in [6.07, 6.45) is -1.05. The summed E-state index contributed by atoms with van der Waals surface area (Å²) in [6.45, 7) is 3.39.